The van der Waals surface area contributed by atoms with Gasteiger partial charge in [-0.05, 0) is 0 Å². The summed E-state index contributed by atoms with van der Waals surface area (Å²) in [4.78, 5) is 0. The number of benzene rings is 1. The zero-order valence-electron chi connectivity index (χ0n) is 6.30. The first-order valence-electron chi connectivity index (χ1n) is 2.64. The second-order valence-electron chi connectivity index (χ2n) is 1.77. The van der Waals surface area contributed by atoms with Gasteiger partial charge in [0.2, 0.25) is 0 Å². The quantitative estimate of drug-likeness (QED) is 0.631. The van der Waals surface area contributed by atoms with E-state index in [0.29, 0.717) is 0 Å². The topological polar surface area (TPSA) is 0 Å². The molecule has 68 valence electrons. The predicted octanol–water partition coefficient (Wildman–Crippen LogP) is 2.95. The van der Waals surface area contributed by atoms with Crippen molar-refractivity contribution < 1.29 is 33.0 Å². The van der Waals surface area contributed by atoms with E-state index < -0.39 is 11.7 Å². The molecule has 0 amide bonds. The first-order valence-corrected chi connectivity index (χ1v) is 2.64. The summed E-state index contributed by atoms with van der Waals surface area (Å²) in [5.74, 6) is 0. The molecule has 0 unspecified atom stereocenters. The molecule has 0 nitrogen and oxygen atoms in total. The van der Waals surface area contributed by atoms with Gasteiger partial charge in [0.05, 0.1) is 0 Å². The maximum absolute atomic E-state index is 11.8. The van der Waals surface area contributed by atoms with Gasteiger partial charge in [0, 0.05) is 0 Å². The van der Waals surface area contributed by atoms with Gasteiger partial charge >= 0.3 is 26.0 Å². The van der Waals surface area contributed by atoms with Crippen LogP contribution in [0.2, 0.25) is 0 Å². The second-order valence-corrected chi connectivity index (χ2v) is 1.77. The van der Waals surface area contributed by atoms with Crippen molar-refractivity contribution in [2.45, 2.75) is 6.18 Å². The summed E-state index contributed by atoms with van der Waals surface area (Å²) in [6.07, 6.45) is -4.26. The first kappa shape index (κ1) is 14.2. The predicted molar refractivity (Wildman–Crippen MR) is 36.7 cm³/mol. The molecule has 0 heterocycles. The molecule has 0 aliphatic rings. The van der Waals surface area contributed by atoms with Crippen molar-refractivity contribution >= 4 is 0 Å². The van der Waals surface area contributed by atoms with Crippen LogP contribution in [0.1, 0.15) is 5.56 Å². The van der Waals surface area contributed by atoms with Crippen LogP contribution in [0.25, 0.3) is 0 Å². The van der Waals surface area contributed by atoms with Crippen molar-refractivity contribution in [3.8, 4) is 0 Å². The summed E-state index contributed by atoms with van der Waals surface area (Å²) < 4.78 is 35.3. The summed E-state index contributed by atoms with van der Waals surface area (Å²) in [5, 5.41) is 0. The molecule has 0 aliphatic carbocycles. The molecule has 0 aromatic heterocycles. The van der Waals surface area contributed by atoms with E-state index in [1.54, 1.807) is 0 Å². The Morgan fingerprint density at radius 1 is 1.17 bits per heavy atom. The molecule has 0 spiro atoms. The van der Waals surface area contributed by atoms with Gasteiger partial charge in [0.25, 0.3) is 0 Å². The average molecular weight is 350 g/mol. The minimum absolute atomic E-state index is 0. The number of halogens is 3. The van der Waals surface area contributed by atoms with Crippen LogP contribution in [0.5, 0.6) is 0 Å². The molecule has 0 aliphatic heterocycles. The largest absolute Gasteiger partial charge is 2.00 e. The van der Waals surface area contributed by atoms with Gasteiger partial charge in [0.15, 0.2) is 0 Å². The number of alkyl halides is 3. The van der Waals surface area contributed by atoms with Crippen LogP contribution in [0.15, 0.2) is 24.3 Å². The summed E-state index contributed by atoms with van der Waals surface area (Å²) in [6, 6.07) is 7.14. The van der Waals surface area contributed by atoms with E-state index in [1.165, 1.54) is 18.2 Å². The third-order valence-electron chi connectivity index (χ3n) is 1.01. The monoisotopic (exact) mass is 352 g/mol. The normalized spacial score (nSPS) is 9.58. The molecule has 0 N–H and O–H groups in total. The second kappa shape index (κ2) is 5.32. The Balaban J connectivity index is 0. The smallest absolute Gasteiger partial charge is 0.358 e. The van der Waals surface area contributed by atoms with Crippen molar-refractivity contribution in [3.63, 3.8) is 0 Å². The summed E-state index contributed by atoms with van der Waals surface area (Å²) in [6.45, 7) is 0. The molecule has 1 aromatic rings. The van der Waals surface area contributed by atoms with E-state index in [0.717, 1.165) is 6.07 Å². The number of rotatable bonds is 0. The van der Waals surface area contributed by atoms with Gasteiger partial charge < -0.3 is 7.43 Å². The molecule has 1 rings (SSSR count). The van der Waals surface area contributed by atoms with Gasteiger partial charge in [-0.3, -0.25) is 0 Å². The van der Waals surface area contributed by atoms with E-state index in [2.05, 4.69) is 6.07 Å². The van der Waals surface area contributed by atoms with Crippen LogP contribution in [-0.2, 0) is 26.0 Å². The van der Waals surface area contributed by atoms with E-state index in [1.807, 2.05) is 0 Å². The Morgan fingerprint density at radius 3 is 2.00 bits per heavy atom. The Bertz CT molecular complexity index is 205. The van der Waals surface area contributed by atoms with E-state index in [9.17, 15) is 13.2 Å². The molecule has 0 saturated carbocycles. The van der Waals surface area contributed by atoms with Crippen LogP contribution in [0, 0.1) is 13.5 Å². The summed E-state index contributed by atoms with van der Waals surface area (Å²) >= 11 is 0. The minimum Gasteiger partial charge on any atom is -0.358 e. The van der Waals surface area contributed by atoms with E-state index in [4.69, 9.17) is 0 Å². The van der Waals surface area contributed by atoms with Gasteiger partial charge in [-0.25, -0.2) is 0 Å². The van der Waals surface area contributed by atoms with E-state index in [-0.39, 0.29) is 27.2 Å². The average Bonchev–Trinajstić information content (AvgIpc) is 1.88. The fourth-order valence-corrected chi connectivity index (χ4v) is 0.570. The van der Waals surface area contributed by atoms with Crippen molar-refractivity contribution in [1.82, 2.24) is 0 Å². The molecule has 0 atom stereocenters. The van der Waals surface area contributed by atoms with Crippen molar-refractivity contribution in [2.24, 2.45) is 0 Å². The van der Waals surface area contributed by atoms with Gasteiger partial charge in [-0.1, -0.05) is 5.56 Å². The Labute approximate surface area is 82.8 Å². The van der Waals surface area contributed by atoms with Gasteiger partial charge in [-0.15, -0.1) is 0 Å². The summed E-state index contributed by atoms with van der Waals surface area (Å²) in [7, 11) is 0. The number of hydrogen-bond acceptors (Lipinski definition) is 0. The Morgan fingerprint density at radius 2 is 1.75 bits per heavy atom. The summed E-state index contributed by atoms with van der Waals surface area (Å²) in [5.41, 5.74) is -0.727. The zero-order valence-corrected chi connectivity index (χ0v) is 8.84. The van der Waals surface area contributed by atoms with Gasteiger partial charge in [-0.2, -0.15) is 43.5 Å². The number of hydrogen-bond donors (Lipinski definition) is 0. The third kappa shape index (κ3) is 3.87. The molecule has 4 heteroatoms. The fraction of sp³-hybridized carbons (Fsp3) is 0.125. The molecule has 12 heavy (non-hydrogen) atoms. The van der Waals surface area contributed by atoms with E-state index >= 15 is 0 Å². The molecular weight excluding hydrogens is 343 g/mol. The third-order valence-corrected chi connectivity index (χ3v) is 1.01. The molecule has 0 saturated heterocycles. The van der Waals surface area contributed by atoms with Crippen LogP contribution in [-0.4, -0.2) is 0 Å². The molecule has 0 radical (unpaired) electrons. The maximum Gasteiger partial charge on any atom is 2.00 e. The van der Waals surface area contributed by atoms with Crippen molar-refractivity contribution in [2.75, 3.05) is 0 Å². The van der Waals surface area contributed by atoms with Crippen LogP contribution < -0.4 is 0 Å². The fourth-order valence-electron chi connectivity index (χ4n) is 0.570. The van der Waals surface area contributed by atoms with Crippen molar-refractivity contribution in [3.05, 3.63) is 43.3 Å². The van der Waals surface area contributed by atoms with Gasteiger partial charge in [0.1, 0.15) is 0 Å². The Kier molecular flexibility index (Phi) is 6.29. The SMILES string of the molecule is FC(F)(F)c1[c-]cccc1.[CH3-].[Os+2]. The van der Waals surface area contributed by atoms with Crippen LogP contribution in [0.3, 0.4) is 0 Å². The zero-order chi connectivity index (χ0) is 7.61. The van der Waals surface area contributed by atoms with Crippen LogP contribution >= 0.6 is 0 Å². The molecule has 1 aromatic carbocycles. The molecular formula is C8H7F3Os. The standard InChI is InChI=1S/C7H4F3.CH3.Os/c8-7(9,10)6-4-2-1-3-5-6;;/h1-4H;1H3;/q2*-1;+2. The first-order chi connectivity index (χ1) is 4.61. The minimum atomic E-state index is -4.26. The Hall–Kier alpha value is -0.354. The van der Waals surface area contributed by atoms with Crippen LogP contribution in [0.4, 0.5) is 13.2 Å². The molecule has 0 bridgehead atoms. The van der Waals surface area contributed by atoms with Crippen molar-refractivity contribution in [1.29, 1.82) is 0 Å². The molecule has 0 fully saturated rings. The maximum atomic E-state index is 11.8.